The van der Waals surface area contributed by atoms with Gasteiger partial charge >= 0.3 is 0 Å². The lowest BCUT2D eigenvalue weighted by Crippen LogP contribution is -2.57. The van der Waals surface area contributed by atoms with E-state index in [1.54, 1.807) is 0 Å². The first kappa shape index (κ1) is 12.4. The summed E-state index contributed by atoms with van der Waals surface area (Å²) in [4.78, 5) is 13.4. The van der Waals surface area contributed by atoms with Gasteiger partial charge in [0.1, 0.15) is 5.54 Å². The van der Waals surface area contributed by atoms with Crippen molar-refractivity contribution < 1.29 is 15.0 Å². The van der Waals surface area contributed by atoms with Gasteiger partial charge in [-0.1, -0.05) is 12.8 Å². The quantitative estimate of drug-likeness (QED) is 0.535. The fourth-order valence-electron chi connectivity index (χ4n) is 2.46. The molecule has 0 aromatic heterocycles. The minimum absolute atomic E-state index is 0.0188. The normalized spacial score (nSPS) is 19.7. The zero-order valence-corrected chi connectivity index (χ0v) is 8.98. The number of aliphatic hydroxyl groups is 2. The number of carbonyl (C=O) groups is 1. The van der Waals surface area contributed by atoms with E-state index in [1.807, 2.05) is 4.90 Å². The van der Waals surface area contributed by atoms with Crippen molar-refractivity contribution in [2.45, 2.75) is 31.2 Å². The van der Waals surface area contributed by atoms with Crippen LogP contribution in [0.25, 0.3) is 0 Å². The number of amides is 1. The summed E-state index contributed by atoms with van der Waals surface area (Å²) in [6, 6.07) is 0. The summed E-state index contributed by atoms with van der Waals surface area (Å²) in [5, 5.41) is 17.9. The summed E-state index contributed by atoms with van der Waals surface area (Å²) in [6.07, 6.45) is 3.44. The van der Waals surface area contributed by atoms with Gasteiger partial charge in [-0.25, -0.2) is 0 Å². The van der Waals surface area contributed by atoms with Gasteiger partial charge in [0, 0.05) is 13.1 Å². The van der Waals surface area contributed by atoms with Gasteiger partial charge < -0.3 is 15.9 Å². The first-order valence-corrected chi connectivity index (χ1v) is 5.44. The van der Waals surface area contributed by atoms with Crippen LogP contribution < -0.4 is 5.73 Å². The van der Waals surface area contributed by atoms with Crippen LogP contribution in [0.5, 0.6) is 0 Å². The summed E-state index contributed by atoms with van der Waals surface area (Å²) in [5.41, 5.74) is 4.82. The molecule has 1 aliphatic rings. The van der Waals surface area contributed by atoms with E-state index in [9.17, 15) is 4.79 Å². The molecule has 0 aliphatic heterocycles. The molecule has 0 aromatic rings. The Balaban J connectivity index is 2.78. The van der Waals surface area contributed by atoms with Crippen LogP contribution in [-0.2, 0) is 4.79 Å². The molecule has 5 nitrogen and oxygen atoms in total. The number of carbonyl (C=O) groups excluding carboxylic acids is 1. The van der Waals surface area contributed by atoms with Crippen molar-refractivity contribution in [3.05, 3.63) is 0 Å². The number of hydrogen-bond acceptors (Lipinski definition) is 4. The third-order valence-electron chi connectivity index (χ3n) is 3.23. The smallest absolute Gasteiger partial charge is 0.237 e. The second kappa shape index (κ2) is 5.44. The van der Waals surface area contributed by atoms with Crippen LogP contribution in [0.2, 0.25) is 0 Å². The number of β-amino-alcohol motifs (C(OH)–C–C–N with tert-alkyl or cyclic N) is 2. The predicted octanol–water partition coefficient (Wildman–Crippen LogP) is -0.929. The highest BCUT2D eigenvalue weighted by Gasteiger charge is 2.44. The molecule has 0 aromatic carbocycles. The molecule has 1 fully saturated rings. The molecule has 0 atom stereocenters. The third-order valence-corrected chi connectivity index (χ3v) is 3.23. The van der Waals surface area contributed by atoms with Crippen molar-refractivity contribution in [1.29, 1.82) is 0 Å². The van der Waals surface area contributed by atoms with E-state index in [1.165, 1.54) is 0 Å². The maximum absolute atomic E-state index is 11.5. The summed E-state index contributed by atoms with van der Waals surface area (Å²) < 4.78 is 0. The van der Waals surface area contributed by atoms with E-state index >= 15 is 0 Å². The molecule has 0 bridgehead atoms. The highest BCUT2D eigenvalue weighted by atomic mass is 16.3. The summed E-state index contributed by atoms with van der Waals surface area (Å²) in [5.74, 6) is -0.332. The average Bonchev–Trinajstić information content (AvgIpc) is 2.67. The Hall–Kier alpha value is -0.650. The van der Waals surface area contributed by atoms with Crippen LogP contribution >= 0.6 is 0 Å². The standard InChI is InChI=1S/C10H20N2O3/c11-9(15)10(3-1-2-4-10)12(5-7-13)6-8-14/h13-14H,1-8H2,(H2,11,15). The van der Waals surface area contributed by atoms with Gasteiger partial charge in [-0.05, 0) is 12.8 Å². The van der Waals surface area contributed by atoms with Gasteiger partial charge in [-0.2, -0.15) is 0 Å². The summed E-state index contributed by atoms with van der Waals surface area (Å²) in [6.45, 7) is 0.747. The van der Waals surface area contributed by atoms with Crippen molar-refractivity contribution in [2.24, 2.45) is 5.73 Å². The number of nitrogens with zero attached hydrogens (tertiary/aromatic N) is 1. The number of rotatable bonds is 6. The SMILES string of the molecule is NC(=O)C1(N(CCO)CCO)CCCC1. The zero-order valence-electron chi connectivity index (χ0n) is 8.98. The van der Waals surface area contributed by atoms with E-state index < -0.39 is 5.54 Å². The molecule has 0 spiro atoms. The fraction of sp³-hybridized carbons (Fsp3) is 0.900. The van der Waals surface area contributed by atoms with Crippen molar-refractivity contribution >= 4 is 5.91 Å². The monoisotopic (exact) mass is 216 g/mol. The van der Waals surface area contributed by atoms with Gasteiger partial charge in [-0.3, -0.25) is 9.69 Å². The van der Waals surface area contributed by atoms with E-state index in [-0.39, 0.29) is 19.1 Å². The highest BCUT2D eigenvalue weighted by molar-refractivity contribution is 5.85. The van der Waals surface area contributed by atoms with E-state index in [2.05, 4.69) is 0 Å². The molecule has 15 heavy (non-hydrogen) atoms. The van der Waals surface area contributed by atoms with Crippen LogP contribution in [0.1, 0.15) is 25.7 Å². The maximum Gasteiger partial charge on any atom is 0.237 e. The van der Waals surface area contributed by atoms with Crippen LogP contribution in [-0.4, -0.2) is 52.9 Å². The molecule has 0 saturated heterocycles. The molecule has 1 rings (SSSR count). The molecule has 4 N–H and O–H groups in total. The number of nitrogens with two attached hydrogens (primary N) is 1. The lowest BCUT2D eigenvalue weighted by Gasteiger charge is -2.38. The second-order valence-electron chi connectivity index (χ2n) is 4.04. The Morgan fingerprint density at radius 1 is 1.20 bits per heavy atom. The summed E-state index contributed by atoms with van der Waals surface area (Å²) >= 11 is 0. The molecule has 88 valence electrons. The topological polar surface area (TPSA) is 86.8 Å². The number of aliphatic hydroxyl groups excluding tert-OH is 2. The zero-order chi connectivity index (χ0) is 11.3. The van der Waals surface area contributed by atoms with Gasteiger partial charge in [0.15, 0.2) is 0 Å². The van der Waals surface area contributed by atoms with E-state index in [0.717, 1.165) is 25.7 Å². The largest absolute Gasteiger partial charge is 0.395 e. The number of hydrogen-bond donors (Lipinski definition) is 3. The maximum atomic E-state index is 11.5. The third kappa shape index (κ3) is 2.48. The Labute approximate surface area is 89.9 Å². The van der Waals surface area contributed by atoms with Crippen LogP contribution in [0.3, 0.4) is 0 Å². The average molecular weight is 216 g/mol. The van der Waals surface area contributed by atoms with Gasteiger partial charge in [0.05, 0.1) is 13.2 Å². The lowest BCUT2D eigenvalue weighted by atomic mass is 9.94. The summed E-state index contributed by atoms with van der Waals surface area (Å²) in [7, 11) is 0. The Morgan fingerprint density at radius 2 is 1.67 bits per heavy atom. The molecule has 0 heterocycles. The Morgan fingerprint density at radius 3 is 2.00 bits per heavy atom. The Kier molecular flexibility index (Phi) is 4.50. The first-order valence-electron chi connectivity index (χ1n) is 5.44. The molecule has 1 amide bonds. The lowest BCUT2D eigenvalue weighted by molar-refractivity contribution is -0.130. The molecule has 0 unspecified atom stereocenters. The minimum atomic E-state index is -0.633. The first-order chi connectivity index (χ1) is 7.17. The van der Waals surface area contributed by atoms with Gasteiger partial charge in [0.2, 0.25) is 5.91 Å². The minimum Gasteiger partial charge on any atom is -0.395 e. The van der Waals surface area contributed by atoms with Crippen LogP contribution in [0.15, 0.2) is 0 Å². The van der Waals surface area contributed by atoms with Crippen LogP contribution in [0.4, 0.5) is 0 Å². The van der Waals surface area contributed by atoms with Gasteiger partial charge in [-0.15, -0.1) is 0 Å². The van der Waals surface area contributed by atoms with Gasteiger partial charge in [0.25, 0.3) is 0 Å². The van der Waals surface area contributed by atoms with Crippen molar-refractivity contribution in [2.75, 3.05) is 26.3 Å². The highest BCUT2D eigenvalue weighted by Crippen LogP contribution is 2.34. The predicted molar refractivity (Wildman–Crippen MR) is 56.1 cm³/mol. The van der Waals surface area contributed by atoms with Crippen molar-refractivity contribution in [1.82, 2.24) is 4.90 Å². The molecule has 0 radical (unpaired) electrons. The molecule has 1 saturated carbocycles. The molecule has 1 aliphatic carbocycles. The van der Waals surface area contributed by atoms with Crippen LogP contribution in [0, 0.1) is 0 Å². The second-order valence-corrected chi connectivity index (χ2v) is 4.04. The Bertz CT molecular complexity index is 209. The fourth-order valence-corrected chi connectivity index (χ4v) is 2.46. The molecular weight excluding hydrogens is 196 g/mol. The van der Waals surface area contributed by atoms with E-state index in [4.69, 9.17) is 15.9 Å². The molecular formula is C10H20N2O3. The van der Waals surface area contributed by atoms with E-state index in [0.29, 0.717) is 13.1 Å². The van der Waals surface area contributed by atoms with Crippen molar-refractivity contribution in [3.63, 3.8) is 0 Å². The molecule has 5 heteroatoms. The van der Waals surface area contributed by atoms with Crippen molar-refractivity contribution in [3.8, 4) is 0 Å². The number of primary amides is 1.